The molecule has 4 amide bonds. The molecule has 0 spiro atoms. The van der Waals surface area contributed by atoms with Crippen molar-refractivity contribution in [3.8, 4) is 34.2 Å². The predicted molar refractivity (Wildman–Crippen MR) is 241 cm³/mol. The fourth-order valence-electron chi connectivity index (χ4n) is 10.6. The number of aromatic amines is 2. The normalized spacial score (nSPS) is 21.8. The number of piperidine rings is 1. The van der Waals surface area contributed by atoms with E-state index < -0.39 is 24.3 Å². The van der Waals surface area contributed by atoms with E-state index in [0.29, 0.717) is 32.6 Å². The molecule has 4 fully saturated rings. The molecule has 15 heteroatoms. The lowest BCUT2D eigenvalue weighted by Gasteiger charge is -2.39. The molecule has 6 atom stereocenters. The number of carbonyl (C=O) groups is 4. The molecule has 334 valence electrons. The largest absolute Gasteiger partial charge is 0.453 e. The topological polar surface area (TPSA) is 184 Å². The number of benzene rings is 3. The Hall–Kier alpha value is -6.40. The zero-order chi connectivity index (χ0) is 44.6. The summed E-state index contributed by atoms with van der Waals surface area (Å²) in [4.78, 5) is 73.7. The minimum absolute atomic E-state index is 0.0415. The molecule has 15 nitrogen and oxygen atoms in total. The highest BCUT2D eigenvalue weighted by molar-refractivity contribution is 6.05. The fraction of sp³-hybridized carbons (Fsp3) is 0.469. The lowest BCUT2D eigenvalue weighted by atomic mass is 9.89. The van der Waals surface area contributed by atoms with Crippen LogP contribution in [-0.2, 0) is 23.8 Å². The monoisotopic (exact) mass is 868 g/mol. The van der Waals surface area contributed by atoms with Crippen LogP contribution in [0, 0.1) is 29.6 Å². The minimum atomic E-state index is -0.708. The number of hydrogen-bond donors (Lipinski definition) is 4. The van der Waals surface area contributed by atoms with Crippen molar-refractivity contribution >= 4 is 45.8 Å². The Balaban J connectivity index is 0.969. The Morgan fingerprint density at radius 3 is 2.42 bits per heavy atom. The third-order valence-corrected chi connectivity index (χ3v) is 13.8. The first-order chi connectivity index (χ1) is 31.1. The predicted octanol–water partition coefficient (Wildman–Crippen LogP) is 7.39. The van der Waals surface area contributed by atoms with Crippen molar-refractivity contribution in [1.29, 1.82) is 0 Å². The van der Waals surface area contributed by atoms with Crippen LogP contribution in [0.3, 0.4) is 0 Å². The molecule has 2 aromatic heterocycles. The third kappa shape index (κ3) is 8.04. The Kier molecular flexibility index (Phi) is 12.1. The highest BCUT2D eigenvalue weighted by Crippen LogP contribution is 2.50. The summed E-state index contributed by atoms with van der Waals surface area (Å²) in [6.45, 7) is 7.33. The van der Waals surface area contributed by atoms with E-state index in [2.05, 4.69) is 74.9 Å². The van der Waals surface area contributed by atoms with Crippen LogP contribution in [0.2, 0.25) is 0 Å². The van der Waals surface area contributed by atoms with Crippen molar-refractivity contribution < 1.29 is 33.4 Å². The summed E-state index contributed by atoms with van der Waals surface area (Å²) in [7, 11) is 2.61. The average Bonchev–Trinajstić information content (AvgIpc) is 4.18. The van der Waals surface area contributed by atoms with E-state index in [9.17, 15) is 19.2 Å². The first kappa shape index (κ1) is 42.9. The van der Waals surface area contributed by atoms with Gasteiger partial charge < -0.3 is 44.6 Å². The third-order valence-electron chi connectivity index (χ3n) is 13.8. The summed E-state index contributed by atoms with van der Waals surface area (Å²) < 4.78 is 15.3. The van der Waals surface area contributed by atoms with Crippen molar-refractivity contribution in [2.24, 2.45) is 17.8 Å². The molecule has 5 heterocycles. The summed E-state index contributed by atoms with van der Waals surface area (Å²) in [5, 5.41) is 7.61. The first-order valence-corrected chi connectivity index (χ1v) is 22.5. The van der Waals surface area contributed by atoms with Gasteiger partial charge in [-0.05, 0) is 104 Å². The van der Waals surface area contributed by atoms with Gasteiger partial charge in [0.15, 0.2) is 0 Å². The number of aromatic nitrogens is 4. The molecule has 4 aliphatic rings. The van der Waals surface area contributed by atoms with Crippen molar-refractivity contribution in [2.75, 3.05) is 34.0 Å². The number of hydrogen-bond acceptors (Lipinski definition) is 9. The van der Waals surface area contributed by atoms with Crippen molar-refractivity contribution in [2.45, 2.75) is 95.9 Å². The van der Waals surface area contributed by atoms with Crippen LogP contribution in [-0.4, -0.2) is 106 Å². The number of ether oxygens (including phenoxy) is 3. The zero-order valence-electron chi connectivity index (χ0n) is 37.0. The van der Waals surface area contributed by atoms with Gasteiger partial charge in [0.2, 0.25) is 11.8 Å². The molecule has 2 bridgehead atoms. The maximum Gasteiger partial charge on any atom is 0.407 e. The van der Waals surface area contributed by atoms with Gasteiger partial charge in [-0.15, -0.1) is 5.92 Å². The number of nitrogens with zero attached hydrogens (tertiary/aromatic N) is 4. The highest BCUT2D eigenvalue weighted by atomic mass is 16.5. The van der Waals surface area contributed by atoms with Gasteiger partial charge in [-0.3, -0.25) is 9.59 Å². The van der Waals surface area contributed by atoms with E-state index in [1.54, 1.807) is 0 Å². The fourth-order valence-corrected chi connectivity index (χ4v) is 10.6. The molecule has 4 N–H and O–H groups in total. The van der Waals surface area contributed by atoms with Gasteiger partial charge in [0.1, 0.15) is 23.7 Å². The number of likely N-dealkylation sites (tertiary alicyclic amines) is 2. The Morgan fingerprint density at radius 2 is 1.66 bits per heavy atom. The van der Waals surface area contributed by atoms with Crippen LogP contribution in [0.5, 0.6) is 0 Å². The summed E-state index contributed by atoms with van der Waals surface area (Å²) in [6, 6.07) is 14.9. The smallest absolute Gasteiger partial charge is 0.407 e. The van der Waals surface area contributed by atoms with Crippen LogP contribution in [0.15, 0.2) is 54.7 Å². The van der Waals surface area contributed by atoms with Crippen molar-refractivity contribution in [3.05, 3.63) is 71.9 Å². The van der Waals surface area contributed by atoms with Gasteiger partial charge in [-0.1, -0.05) is 50.1 Å². The van der Waals surface area contributed by atoms with Gasteiger partial charge in [-0.2, -0.15) is 0 Å². The lowest BCUT2D eigenvalue weighted by molar-refractivity contribution is -0.140. The molecule has 5 aromatic rings. The molecule has 3 aromatic carbocycles. The van der Waals surface area contributed by atoms with E-state index in [0.717, 1.165) is 93.5 Å². The Bertz CT molecular complexity index is 2650. The number of alkyl carbamates (subject to hydrolysis) is 2. The minimum Gasteiger partial charge on any atom is -0.453 e. The molecule has 1 saturated carbocycles. The van der Waals surface area contributed by atoms with Crippen LogP contribution in [0.4, 0.5) is 9.59 Å². The molecule has 6 unspecified atom stereocenters. The second kappa shape index (κ2) is 18.0. The standard InChI is InChI=1S/C49H56N8O7/c1-6-8-29-24-32(38-26-50-45(52-38)43-33-10-14-34(25-33)57(43)47(59)41(55-49(61)63-5)28-18-21-64-22-19-28)12-15-35(29)30-11-16-36-31(23-30)13-17-37-42(36)53-44(51-37)39-9-7-20-56(39)46(58)40(27(2)3)54-48(60)62-4/h11-13,15-17,23-24,26-28,33-34,39-41,43H,7,9-10,14,18-22,25H2,1-5H3,(H,50,52)(H,51,53)(H,54,60)(H,55,61). The average molecular weight is 869 g/mol. The van der Waals surface area contributed by atoms with E-state index in [4.69, 9.17) is 24.2 Å². The van der Waals surface area contributed by atoms with E-state index in [-0.39, 0.29) is 47.7 Å². The van der Waals surface area contributed by atoms with E-state index >= 15 is 0 Å². The molecular formula is C49H56N8O7. The van der Waals surface area contributed by atoms with E-state index in [1.807, 2.05) is 42.8 Å². The quantitative estimate of drug-likeness (QED) is 0.104. The maximum atomic E-state index is 14.5. The number of fused-ring (bicyclic) bond motifs is 5. The lowest BCUT2D eigenvalue weighted by Crippen LogP contribution is -2.55. The van der Waals surface area contributed by atoms with Gasteiger partial charge in [0.25, 0.3) is 0 Å². The van der Waals surface area contributed by atoms with Gasteiger partial charge in [-0.25, -0.2) is 19.6 Å². The summed E-state index contributed by atoms with van der Waals surface area (Å²) in [5.41, 5.74) is 6.36. The summed E-state index contributed by atoms with van der Waals surface area (Å²) in [6.07, 6.45) is 6.44. The zero-order valence-corrected chi connectivity index (χ0v) is 37.0. The summed E-state index contributed by atoms with van der Waals surface area (Å²) in [5.74, 6) is 7.80. The van der Waals surface area contributed by atoms with E-state index in [1.165, 1.54) is 14.2 Å². The Labute approximate surface area is 372 Å². The molecule has 64 heavy (non-hydrogen) atoms. The molecule has 3 aliphatic heterocycles. The summed E-state index contributed by atoms with van der Waals surface area (Å²) >= 11 is 0. The number of H-pyrrole nitrogens is 2. The van der Waals surface area contributed by atoms with Crippen LogP contribution >= 0.6 is 0 Å². The highest BCUT2D eigenvalue weighted by Gasteiger charge is 2.52. The number of rotatable bonds is 10. The Morgan fingerprint density at radius 1 is 0.875 bits per heavy atom. The van der Waals surface area contributed by atoms with Crippen molar-refractivity contribution in [1.82, 2.24) is 40.4 Å². The molecule has 0 radical (unpaired) electrons. The van der Waals surface area contributed by atoms with Gasteiger partial charge in [0.05, 0.1) is 49.2 Å². The number of carbonyl (C=O) groups excluding carboxylic acids is 4. The maximum absolute atomic E-state index is 14.5. The second-order valence-electron chi connectivity index (χ2n) is 17.9. The van der Waals surface area contributed by atoms with Gasteiger partial charge >= 0.3 is 12.2 Å². The molecular weight excluding hydrogens is 813 g/mol. The second-order valence-corrected chi connectivity index (χ2v) is 17.9. The molecule has 9 rings (SSSR count). The van der Waals surface area contributed by atoms with Crippen molar-refractivity contribution in [3.63, 3.8) is 0 Å². The van der Waals surface area contributed by atoms with Gasteiger partial charge in [0, 0.05) is 42.3 Å². The number of methoxy groups -OCH3 is 2. The number of amides is 4. The first-order valence-electron chi connectivity index (χ1n) is 22.5. The molecule has 3 saturated heterocycles. The SMILES string of the molecule is CC#Cc1cc(-c2cnc(C3C4CCC(C4)N3C(=O)C(NC(=O)OC)C3CCOCC3)[nH]2)ccc1-c1ccc2c(ccc3[nH]c(C4CCCN4C(=O)C(NC(=O)OC)C(C)C)nc32)c1. The van der Waals surface area contributed by atoms with Crippen LogP contribution < -0.4 is 10.6 Å². The van der Waals surface area contributed by atoms with Crippen LogP contribution in [0.1, 0.15) is 95.0 Å². The molecule has 1 aliphatic carbocycles. The van der Waals surface area contributed by atoms with Crippen LogP contribution in [0.25, 0.3) is 44.2 Å². The number of imidazole rings is 2. The number of nitrogens with one attached hydrogen (secondary N) is 4.